The van der Waals surface area contributed by atoms with Crippen molar-refractivity contribution in [1.82, 2.24) is 4.57 Å². The minimum absolute atomic E-state index is 0.403. The maximum Gasteiger partial charge on any atom is 0.494 e. The fraction of sp³-hybridized carbons (Fsp3) is 0.500. The van der Waals surface area contributed by atoms with Crippen LogP contribution in [-0.2, 0) is 16.3 Å². The fourth-order valence-corrected chi connectivity index (χ4v) is 3.00. The molecule has 0 spiro atoms. The highest BCUT2D eigenvalue weighted by atomic mass is 32.1. The van der Waals surface area contributed by atoms with Crippen LogP contribution >= 0.6 is 11.3 Å². The predicted molar refractivity (Wildman–Crippen MR) is 82.8 cm³/mol. The van der Waals surface area contributed by atoms with Crippen LogP contribution in [-0.4, -0.2) is 22.9 Å². The number of nitrogens with zero attached hydrogens (tertiary/aromatic N) is 1. The molecule has 3 rings (SSSR count). The highest BCUT2D eigenvalue weighted by Crippen LogP contribution is 2.36. The second-order valence-corrected chi connectivity index (χ2v) is 7.01. The Labute approximate surface area is 126 Å². The van der Waals surface area contributed by atoms with E-state index in [2.05, 4.69) is 0 Å². The molecule has 1 fully saturated rings. The summed E-state index contributed by atoms with van der Waals surface area (Å²) in [5, 5.41) is 0. The van der Waals surface area contributed by atoms with Crippen molar-refractivity contribution in [3.63, 3.8) is 0 Å². The van der Waals surface area contributed by atoms with Gasteiger partial charge in [0.25, 0.3) is 0 Å². The monoisotopic (exact) mass is 294 g/mol. The van der Waals surface area contributed by atoms with E-state index >= 15 is 0 Å². The van der Waals surface area contributed by atoms with Crippen molar-refractivity contribution >= 4 is 34.1 Å². The molecule has 20 heavy (non-hydrogen) atoms. The van der Waals surface area contributed by atoms with Crippen molar-refractivity contribution in [1.29, 1.82) is 0 Å². The summed E-state index contributed by atoms with van der Waals surface area (Å²) in [6.45, 7) is 5.38. The number of aromatic nitrogens is 1. The van der Waals surface area contributed by atoms with Crippen LogP contribution in [0.25, 0.3) is 10.2 Å². The Morgan fingerprint density at radius 3 is 2.50 bits per heavy atom. The molecule has 2 aromatic rings. The van der Waals surface area contributed by atoms with E-state index in [-0.39, 0.29) is 0 Å². The average Bonchev–Trinajstić information content (AvgIpc) is 2.81. The Kier molecular flexibility index (Phi) is 2.22. The first-order chi connectivity index (χ1) is 10.4. The van der Waals surface area contributed by atoms with Gasteiger partial charge in [0.1, 0.15) is 0 Å². The lowest BCUT2D eigenvalue weighted by molar-refractivity contribution is 0.00578. The van der Waals surface area contributed by atoms with E-state index in [9.17, 15) is 4.79 Å². The van der Waals surface area contributed by atoms with E-state index in [1.807, 2.05) is 27.7 Å². The smallest absolute Gasteiger partial charge is 0.399 e. The normalized spacial score (nSPS) is 23.6. The molecular formula is C14H18BNO3S. The van der Waals surface area contributed by atoms with Gasteiger partial charge in [-0.25, -0.2) is 0 Å². The van der Waals surface area contributed by atoms with Gasteiger partial charge in [-0.15, -0.1) is 0 Å². The Morgan fingerprint density at radius 2 is 1.90 bits per heavy atom. The first-order valence-corrected chi connectivity index (χ1v) is 7.26. The highest BCUT2D eigenvalue weighted by Gasteiger charge is 2.51. The van der Waals surface area contributed by atoms with Crippen LogP contribution in [0.3, 0.4) is 0 Å². The third-order valence-electron chi connectivity index (χ3n) is 4.13. The Balaban J connectivity index is 2.05. The zero-order valence-corrected chi connectivity index (χ0v) is 12.7. The van der Waals surface area contributed by atoms with Gasteiger partial charge in [0.05, 0.1) is 21.4 Å². The molecule has 0 atom stereocenters. The Morgan fingerprint density at radius 1 is 1.25 bits per heavy atom. The average molecular weight is 294 g/mol. The summed E-state index contributed by atoms with van der Waals surface area (Å²) < 4.78 is 35.9. The summed E-state index contributed by atoms with van der Waals surface area (Å²) in [6.07, 6.45) is 0. The third kappa shape index (κ3) is 1.94. The van der Waals surface area contributed by atoms with Crippen LogP contribution in [0.15, 0.2) is 23.0 Å². The SMILES string of the molecule is [2H]C([2H])([2H])n1c(=O)sc2cc(B3OC(C)(C)C(C)(C)O3)ccc21. The minimum Gasteiger partial charge on any atom is -0.399 e. The van der Waals surface area contributed by atoms with Crippen LogP contribution in [0.5, 0.6) is 0 Å². The molecule has 0 saturated carbocycles. The van der Waals surface area contributed by atoms with Crippen molar-refractivity contribution in [3.8, 4) is 0 Å². The van der Waals surface area contributed by atoms with Gasteiger partial charge in [0.15, 0.2) is 0 Å². The predicted octanol–water partition coefficient (Wildman–Crippen LogP) is 1.90. The van der Waals surface area contributed by atoms with E-state index in [1.54, 1.807) is 18.2 Å². The number of benzene rings is 1. The van der Waals surface area contributed by atoms with Gasteiger partial charge in [0, 0.05) is 11.1 Å². The number of hydrogen-bond donors (Lipinski definition) is 0. The first-order valence-electron chi connectivity index (χ1n) is 7.94. The molecule has 1 aliphatic heterocycles. The van der Waals surface area contributed by atoms with Gasteiger partial charge in [-0.3, -0.25) is 4.79 Å². The topological polar surface area (TPSA) is 40.5 Å². The van der Waals surface area contributed by atoms with Crippen molar-refractivity contribution < 1.29 is 13.4 Å². The van der Waals surface area contributed by atoms with Gasteiger partial charge in [-0.1, -0.05) is 17.4 Å². The molecule has 1 aliphatic rings. The molecule has 1 saturated heterocycles. The number of fused-ring (bicyclic) bond motifs is 1. The number of aryl methyl sites for hydroxylation is 1. The minimum atomic E-state index is -2.48. The fourth-order valence-electron chi connectivity index (χ4n) is 2.16. The van der Waals surface area contributed by atoms with Gasteiger partial charge in [-0.2, -0.15) is 0 Å². The standard InChI is InChI=1S/C14H18BNO3S/c1-13(2)14(3,4)19-15(18-13)9-6-7-10-11(8-9)20-12(17)16(10)5/h6-8H,1-5H3/i5D3. The van der Waals surface area contributed by atoms with Crippen LogP contribution < -0.4 is 10.3 Å². The van der Waals surface area contributed by atoms with E-state index in [4.69, 9.17) is 13.4 Å². The molecule has 0 N–H and O–H groups in total. The Bertz CT molecular complexity index is 809. The second kappa shape index (κ2) is 4.19. The van der Waals surface area contributed by atoms with Crippen molar-refractivity contribution in [2.45, 2.75) is 38.9 Å². The summed E-state index contributed by atoms with van der Waals surface area (Å²) in [7, 11) is -0.539. The molecule has 6 heteroatoms. The first kappa shape index (κ1) is 10.6. The highest BCUT2D eigenvalue weighted by molar-refractivity contribution is 7.16. The maximum atomic E-state index is 12.0. The van der Waals surface area contributed by atoms with Crippen LogP contribution in [0, 0.1) is 0 Å². The lowest BCUT2D eigenvalue weighted by Crippen LogP contribution is -2.41. The van der Waals surface area contributed by atoms with Gasteiger partial charge < -0.3 is 13.9 Å². The summed E-state index contributed by atoms with van der Waals surface area (Å²) in [5.74, 6) is 0. The molecule has 0 radical (unpaired) electrons. The zero-order valence-electron chi connectivity index (χ0n) is 14.9. The summed E-state index contributed by atoms with van der Waals surface area (Å²) in [5.41, 5.74) is 0.268. The van der Waals surface area contributed by atoms with E-state index in [1.165, 1.54) is 0 Å². The second-order valence-electron chi connectivity index (χ2n) is 6.02. The molecule has 0 aliphatic carbocycles. The zero-order chi connectivity index (χ0) is 17.2. The van der Waals surface area contributed by atoms with E-state index in [0.29, 0.717) is 10.2 Å². The van der Waals surface area contributed by atoms with Crippen LogP contribution in [0.2, 0.25) is 0 Å². The van der Waals surface area contributed by atoms with Crippen molar-refractivity contribution in [2.24, 2.45) is 6.98 Å². The Hall–Kier alpha value is -1.11. The quantitative estimate of drug-likeness (QED) is 0.754. The van der Waals surface area contributed by atoms with Gasteiger partial charge in [0.2, 0.25) is 0 Å². The van der Waals surface area contributed by atoms with Crippen LogP contribution in [0.1, 0.15) is 31.8 Å². The van der Waals surface area contributed by atoms with E-state index in [0.717, 1.165) is 21.4 Å². The molecule has 2 heterocycles. The van der Waals surface area contributed by atoms with E-state index < -0.39 is 30.2 Å². The summed E-state index contributed by atoms with van der Waals surface area (Å²) in [6, 6.07) is 5.16. The van der Waals surface area contributed by atoms with Gasteiger partial charge in [-0.05, 0) is 45.3 Å². The number of rotatable bonds is 1. The molecule has 0 amide bonds. The van der Waals surface area contributed by atoms with Crippen molar-refractivity contribution in [3.05, 3.63) is 27.9 Å². The third-order valence-corrected chi connectivity index (χ3v) is 5.03. The largest absolute Gasteiger partial charge is 0.494 e. The molecule has 1 aromatic carbocycles. The molecule has 0 bridgehead atoms. The molecule has 106 valence electrons. The lowest BCUT2D eigenvalue weighted by Gasteiger charge is -2.32. The molecule has 1 aromatic heterocycles. The number of hydrogen-bond acceptors (Lipinski definition) is 4. The van der Waals surface area contributed by atoms with Gasteiger partial charge >= 0.3 is 12.0 Å². The summed E-state index contributed by atoms with van der Waals surface area (Å²) >= 11 is 0.915. The van der Waals surface area contributed by atoms with Crippen molar-refractivity contribution in [2.75, 3.05) is 0 Å². The molecule has 4 nitrogen and oxygen atoms in total. The molecule has 0 unspecified atom stereocenters. The number of thiazole rings is 1. The lowest BCUT2D eigenvalue weighted by atomic mass is 9.79. The van der Waals surface area contributed by atoms with Crippen LogP contribution in [0.4, 0.5) is 0 Å². The maximum absolute atomic E-state index is 12.0. The molecular weight excluding hydrogens is 273 g/mol. The summed E-state index contributed by atoms with van der Waals surface area (Å²) in [4.78, 5) is 11.5.